The van der Waals surface area contributed by atoms with Crippen LogP contribution in [0.4, 0.5) is 0 Å². The van der Waals surface area contributed by atoms with Gasteiger partial charge in [0.05, 0.1) is 10.4 Å². The van der Waals surface area contributed by atoms with Gasteiger partial charge in [0.15, 0.2) is 0 Å². The van der Waals surface area contributed by atoms with Crippen LogP contribution in [0.25, 0.3) is 0 Å². The summed E-state index contributed by atoms with van der Waals surface area (Å²) in [5.41, 5.74) is 2.34. The van der Waals surface area contributed by atoms with Crippen molar-refractivity contribution in [1.29, 1.82) is 0 Å². The minimum atomic E-state index is 0.156. The lowest BCUT2D eigenvalue weighted by molar-refractivity contribution is 0.700. The standard InChI is InChI=1S/C13H12Br2ClNS/c1-7-5-11(18-13(7)16)12(17-2)9-4-3-8(14)6-10(9)15/h3-6,12,17H,1-2H3. The van der Waals surface area contributed by atoms with Gasteiger partial charge in [-0.15, -0.1) is 11.3 Å². The van der Waals surface area contributed by atoms with Crippen LogP contribution in [0.5, 0.6) is 0 Å². The minimum Gasteiger partial charge on any atom is -0.309 e. The summed E-state index contributed by atoms with van der Waals surface area (Å²) in [4.78, 5) is 1.23. The highest BCUT2D eigenvalue weighted by Gasteiger charge is 2.18. The first-order valence-electron chi connectivity index (χ1n) is 5.41. The average Bonchev–Trinajstić information content (AvgIpc) is 2.63. The number of benzene rings is 1. The van der Waals surface area contributed by atoms with Crippen LogP contribution in [0.15, 0.2) is 33.2 Å². The van der Waals surface area contributed by atoms with Crippen molar-refractivity contribution in [2.75, 3.05) is 7.05 Å². The van der Waals surface area contributed by atoms with Crippen LogP contribution in [0.3, 0.4) is 0 Å². The summed E-state index contributed by atoms with van der Waals surface area (Å²) in [5, 5.41) is 3.34. The van der Waals surface area contributed by atoms with Gasteiger partial charge in [-0.1, -0.05) is 49.5 Å². The van der Waals surface area contributed by atoms with Crippen LogP contribution >= 0.6 is 54.8 Å². The van der Waals surface area contributed by atoms with Gasteiger partial charge in [-0.25, -0.2) is 0 Å². The summed E-state index contributed by atoms with van der Waals surface area (Å²) in [5.74, 6) is 0. The molecule has 1 nitrogen and oxygen atoms in total. The van der Waals surface area contributed by atoms with Crippen molar-refractivity contribution in [2.24, 2.45) is 0 Å². The van der Waals surface area contributed by atoms with E-state index in [1.54, 1.807) is 11.3 Å². The maximum Gasteiger partial charge on any atom is 0.0961 e. The quantitative estimate of drug-likeness (QED) is 0.701. The smallest absolute Gasteiger partial charge is 0.0961 e. The van der Waals surface area contributed by atoms with E-state index in [4.69, 9.17) is 11.6 Å². The van der Waals surface area contributed by atoms with Crippen molar-refractivity contribution in [1.82, 2.24) is 5.32 Å². The van der Waals surface area contributed by atoms with E-state index in [9.17, 15) is 0 Å². The molecule has 0 radical (unpaired) electrons. The Morgan fingerprint density at radius 1 is 1.28 bits per heavy atom. The molecule has 0 aliphatic carbocycles. The second-order valence-corrected chi connectivity index (χ2v) is 7.45. The number of hydrogen-bond donors (Lipinski definition) is 1. The van der Waals surface area contributed by atoms with E-state index in [2.05, 4.69) is 55.4 Å². The Bertz CT molecular complexity index is 549. The largest absolute Gasteiger partial charge is 0.309 e. The van der Waals surface area contributed by atoms with E-state index in [0.29, 0.717) is 0 Å². The fraction of sp³-hybridized carbons (Fsp3) is 0.231. The van der Waals surface area contributed by atoms with Gasteiger partial charge < -0.3 is 5.32 Å². The lowest BCUT2D eigenvalue weighted by Crippen LogP contribution is -2.16. The highest BCUT2D eigenvalue weighted by atomic mass is 79.9. The monoisotopic (exact) mass is 407 g/mol. The molecule has 1 atom stereocenters. The van der Waals surface area contributed by atoms with Gasteiger partial charge in [0.2, 0.25) is 0 Å². The molecule has 5 heteroatoms. The summed E-state index contributed by atoms with van der Waals surface area (Å²) in [7, 11) is 1.96. The molecule has 1 aromatic heterocycles. The first-order valence-corrected chi connectivity index (χ1v) is 8.19. The fourth-order valence-electron chi connectivity index (χ4n) is 1.81. The van der Waals surface area contributed by atoms with Gasteiger partial charge in [-0.2, -0.15) is 0 Å². The molecule has 1 aromatic carbocycles. The van der Waals surface area contributed by atoms with E-state index in [1.165, 1.54) is 10.4 Å². The molecule has 96 valence electrons. The number of aryl methyl sites for hydroxylation is 1. The Morgan fingerprint density at radius 2 is 2.00 bits per heavy atom. The molecule has 0 aliphatic rings. The Hall–Kier alpha value is 0.130. The van der Waals surface area contributed by atoms with E-state index in [-0.39, 0.29) is 6.04 Å². The zero-order valence-electron chi connectivity index (χ0n) is 9.93. The summed E-state index contributed by atoms with van der Waals surface area (Å²) in [6.07, 6.45) is 0. The molecule has 2 aromatic rings. The maximum absolute atomic E-state index is 6.15. The van der Waals surface area contributed by atoms with Gasteiger partial charge in [0.25, 0.3) is 0 Å². The Labute approximate surface area is 133 Å². The topological polar surface area (TPSA) is 12.0 Å². The second-order valence-electron chi connectivity index (χ2n) is 3.99. The number of rotatable bonds is 3. The first kappa shape index (κ1) is 14.5. The van der Waals surface area contributed by atoms with E-state index in [0.717, 1.165) is 18.8 Å². The lowest BCUT2D eigenvalue weighted by atomic mass is 10.1. The molecule has 0 amide bonds. The van der Waals surface area contributed by atoms with Crippen LogP contribution in [0, 0.1) is 6.92 Å². The molecule has 0 aliphatic heterocycles. The molecule has 1 unspecified atom stereocenters. The van der Waals surface area contributed by atoms with Gasteiger partial charge in [0.1, 0.15) is 0 Å². The highest BCUT2D eigenvalue weighted by molar-refractivity contribution is 9.11. The molecule has 0 saturated carbocycles. The van der Waals surface area contributed by atoms with Gasteiger partial charge >= 0.3 is 0 Å². The maximum atomic E-state index is 6.15. The third-order valence-electron chi connectivity index (χ3n) is 2.72. The normalized spacial score (nSPS) is 12.7. The third kappa shape index (κ3) is 2.99. The summed E-state index contributed by atoms with van der Waals surface area (Å²) < 4.78 is 3.00. The number of halogens is 3. The molecule has 1 heterocycles. The molecular weight excluding hydrogens is 397 g/mol. The van der Waals surface area contributed by atoms with Crippen LogP contribution in [-0.4, -0.2) is 7.05 Å². The van der Waals surface area contributed by atoms with Crippen molar-refractivity contribution in [3.63, 3.8) is 0 Å². The van der Waals surface area contributed by atoms with Crippen molar-refractivity contribution in [3.8, 4) is 0 Å². The first-order chi connectivity index (χ1) is 8.52. The van der Waals surface area contributed by atoms with Crippen LogP contribution in [0.1, 0.15) is 22.0 Å². The number of nitrogens with one attached hydrogen (secondary N) is 1. The Kier molecular flexibility index (Phi) is 4.89. The second kappa shape index (κ2) is 6.06. The van der Waals surface area contributed by atoms with Crippen LogP contribution in [0.2, 0.25) is 4.34 Å². The molecule has 0 saturated heterocycles. The van der Waals surface area contributed by atoms with Crippen molar-refractivity contribution in [3.05, 3.63) is 53.6 Å². The molecule has 0 spiro atoms. The van der Waals surface area contributed by atoms with Crippen LogP contribution in [-0.2, 0) is 0 Å². The minimum absolute atomic E-state index is 0.156. The molecule has 2 rings (SSSR count). The van der Waals surface area contributed by atoms with Crippen molar-refractivity contribution < 1.29 is 0 Å². The predicted molar refractivity (Wildman–Crippen MR) is 86.8 cm³/mol. The lowest BCUT2D eigenvalue weighted by Gasteiger charge is -2.17. The highest BCUT2D eigenvalue weighted by Crippen LogP contribution is 2.37. The zero-order valence-corrected chi connectivity index (χ0v) is 14.7. The summed E-state index contributed by atoms with van der Waals surface area (Å²) in [6, 6.07) is 8.51. The molecule has 18 heavy (non-hydrogen) atoms. The number of hydrogen-bond acceptors (Lipinski definition) is 2. The molecule has 0 fully saturated rings. The Balaban J connectivity index is 2.45. The molecule has 0 bridgehead atoms. The van der Waals surface area contributed by atoms with Crippen LogP contribution < -0.4 is 5.32 Å². The third-order valence-corrected chi connectivity index (χ3v) is 5.52. The fourth-order valence-corrected chi connectivity index (χ4v) is 4.44. The van der Waals surface area contributed by atoms with E-state index < -0.39 is 0 Å². The van der Waals surface area contributed by atoms with Crippen molar-refractivity contribution in [2.45, 2.75) is 13.0 Å². The summed E-state index contributed by atoms with van der Waals surface area (Å²) in [6.45, 7) is 2.03. The zero-order chi connectivity index (χ0) is 13.3. The SMILES string of the molecule is CNC(c1cc(C)c(Cl)s1)c1ccc(Br)cc1Br. The van der Waals surface area contributed by atoms with E-state index in [1.807, 2.05) is 20.0 Å². The summed E-state index contributed by atoms with van der Waals surface area (Å²) >= 11 is 14.9. The van der Waals surface area contributed by atoms with Gasteiger partial charge in [-0.05, 0) is 43.3 Å². The predicted octanol–water partition coefficient (Wildman–Crippen LogP) is 5.54. The Morgan fingerprint density at radius 3 is 2.50 bits per heavy atom. The molecule has 1 N–H and O–H groups in total. The number of thiophene rings is 1. The molecular formula is C13H12Br2ClNS. The van der Waals surface area contributed by atoms with E-state index >= 15 is 0 Å². The van der Waals surface area contributed by atoms with Crippen molar-refractivity contribution >= 4 is 54.8 Å². The van der Waals surface area contributed by atoms with Gasteiger partial charge in [-0.3, -0.25) is 0 Å². The van der Waals surface area contributed by atoms with Gasteiger partial charge in [0, 0.05) is 13.8 Å². The average molecular weight is 410 g/mol.